The number of allylic oxidation sites excluding steroid dienone is 1. The number of ether oxygens (including phenoxy) is 1. The number of carbonyl (C=O) groups excluding carboxylic acids is 3. The summed E-state index contributed by atoms with van der Waals surface area (Å²) in [7, 11) is 0. The topological polar surface area (TPSA) is 139 Å². The van der Waals surface area contributed by atoms with Crippen LogP contribution in [-0.4, -0.2) is 66.0 Å². The van der Waals surface area contributed by atoms with Crippen LogP contribution in [0, 0.1) is 11.3 Å². The summed E-state index contributed by atoms with van der Waals surface area (Å²) in [6.07, 6.45) is 0.613. The minimum absolute atomic E-state index is 0.114. The van der Waals surface area contributed by atoms with Gasteiger partial charge in [-0.1, -0.05) is 13.8 Å². The Morgan fingerprint density at radius 3 is 2.24 bits per heavy atom. The van der Waals surface area contributed by atoms with E-state index in [1.165, 1.54) is 6.92 Å². The van der Waals surface area contributed by atoms with Gasteiger partial charge in [0, 0.05) is 16.5 Å². The highest BCUT2D eigenvalue weighted by atomic mass is 35.5. The van der Waals surface area contributed by atoms with E-state index in [9.17, 15) is 24.6 Å². The number of aliphatic hydroxyl groups excluding tert-OH is 1. The number of nitrogens with one attached hydrogen (secondary N) is 1. The average Bonchev–Trinajstić information content (AvgIpc) is 2.79. The average molecular weight is 578 g/mol. The molecule has 4 rings (SSSR count). The maximum absolute atomic E-state index is 14.6. The van der Waals surface area contributed by atoms with E-state index in [-0.39, 0.29) is 34.9 Å². The Hall–Kier alpha value is -1.00. The molecule has 1 saturated heterocycles. The summed E-state index contributed by atoms with van der Waals surface area (Å²) in [5.41, 5.74) is -3.53. The molecule has 0 radical (unpaired) electrons. The quantitative estimate of drug-likeness (QED) is 0.227. The molecule has 0 aromatic heterocycles. The highest BCUT2D eigenvalue weighted by molar-refractivity contribution is 6.46. The van der Waals surface area contributed by atoms with E-state index in [1.807, 2.05) is 13.8 Å². The summed E-state index contributed by atoms with van der Waals surface area (Å²) < 4.78 is 6.53. The number of rotatable bonds is 3. The summed E-state index contributed by atoms with van der Waals surface area (Å²) in [6, 6.07) is -1.39. The van der Waals surface area contributed by atoms with Gasteiger partial charge in [0.25, 0.3) is 0 Å². The summed E-state index contributed by atoms with van der Waals surface area (Å²) >= 11 is 20.6. The van der Waals surface area contributed by atoms with E-state index >= 15 is 0 Å². The molecule has 1 heterocycles. The van der Waals surface area contributed by atoms with E-state index < -0.39 is 67.5 Å². The summed E-state index contributed by atoms with van der Waals surface area (Å²) in [5, 5.41) is 21.3. The smallest absolute Gasteiger partial charge is 0.195 e. The van der Waals surface area contributed by atoms with E-state index in [4.69, 9.17) is 45.4 Å². The summed E-state index contributed by atoms with van der Waals surface area (Å²) in [5.74, 6) is 2.29. The number of hydrogen-bond donors (Lipinski definition) is 4. The Balaban J connectivity index is 2.02. The molecule has 0 spiro atoms. The van der Waals surface area contributed by atoms with Crippen molar-refractivity contribution in [3.63, 3.8) is 0 Å². The molecule has 0 aromatic rings. The van der Waals surface area contributed by atoms with Crippen molar-refractivity contribution >= 4 is 52.2 Å². The van der Waals surface area contributed by atoms with Crippen LogP contribution in [0.2, 0.25) is 0 Å². The molecule has 5 N–H and O–H groups in total. The van der Waals surface area contributed by atoms with Gasteiger partial charge in [-0.15, -0.1) is 34.8 Å². The molecule has 7 atom stereocenters. The summed E-state index contributed by atoms with van der Waals surface area (Å²) in [6.45, 7) is 10.2. The Morgan fingerprint density at radius 1 is 1.08 bits per heavy atom. The molecule has 8 nitrogen and oxygen atoms in total. The first-order chi connectivity index (χ1) is 16.8. The van der Waals surface area contributed by atoms with E-state index in [0.717, 1.165) is 0 Å². The number of ketones is 3. The zero-order valence-electron chi connectivity index (χ0n) is 21.9. The molecule has 4 aliphatic rings. The normalized spacial score (nSPS) is 43.6. The molecule has 37 heavy (non-hydrogen) atoms. The van der Waals surface area contributed by atoms with Crippen LogP contribution in [0.4, 0.5) is 0 Å². The van der Waals surface area contributed by atoms with Gasteiger partial charge in [0.2, 0.25) is 0 Å². The zero-order chi connectivity index (χ0) is 28.1. The first-order valence-corrected chi connectivity index (χ1v) is 13.7. The monoisotopic (exact) mass is 576 g/mol. The van der Waals surface area contributed by atoms with Crippen molar-refractivity contribution in [3.05, 3.63) is 22.5 Å². The largest absolute Gasteiger partial charge is 0.507 e. The Bertz CT molecular complexity index is 1150. The van der Waals surface area contributed by atoms with Crippen LogP contribution >= 0.6 is 34.8 Å². The van der Waals surface area contributed by atoms with Crippen LogP contribution in [0.5, 0.6) is 0 Å². The second-order valence-corrected chi connectivity index (χ2v) is 14.0. The molecule has 0 aromatic carbocycles. The molecule has 1 aliphatic heterocycles. The van der Waals surface area contributed by atoms with Gasteiger partial charge in [-0.2, -0.15) is 0 Å². The summed E-state index contributed by atoms with van der Waals surface area (Å²) in [4.78, 5) is 39.9. The lowest BCUT2D eigenvalue weighted by molar-refractivity contribution is -0.215. The Labute approximate surface area is 231 Å². The molecule has 206 valence electrons. The first-order valence-electron chi connectivity index (χ1n) is 12.4. The van der Waals surface area contributed by atoms with Crippen molar-refractivity contribution in [1.29, 1.82) is 0 Å². The number of halogens is 3. The number of hydrazine groups is 1. The van der Waals surface area contributed by atoms with Crippen molar-refractivity contribution in [2.45, 2.75) is 106 Å². The predicted molar refractivity (Wildman–Crippen MR) is 141 cm³/mol. The molecule has 0 bridgehead atoms. The molecular weight excluding hydrogens is 543 g/mol. The number of Topliss-reactive ketones (excluding diaryl/α,β-unsaturated/α-hetero) is 3. The predicted octanol–water partition coefficient (Wildman–Crippen LogP) is 3.39. The Kier molecular flexibility index (Phi) is 6.86. The van der Waals surface area contributed by atoms with Gasteiger partial charge in [-0.3, -0.25) is 20.2 Å². The van der Waals surface area contributed by atoms with Crippen LogP contribution in [0.1, 0.15) is 67.2 Å². The molecule has 11 heteroatoms. The third-order valence-electron chi connectivity index (χ3n) is 9.29. The maximum atomic E-state index is 14.6. The van der Waals surface area contributed by atoms with E-state index in [0.29, 0.717) is 12.8 Å². The molecule has 1 saturated carbocycles. The number of aliphatic hydroxyl groups is 2. The Morgan fingerprint density at radius 2 is 1.68 bits per heavy atom. The molecule has 2 fully saturated rings. The van der Waals surface area contributed by atoms with Crippen molar-refractivity contribution in [2.75, 3.05) is 0 Å². The SMILES string of the molecule is CC1=C(O)C2=C(C(=O)C3(CC4C(C)(O)CCC(Cl)C4(C)C)OC(C)(C)C(Cl)CC3(Cl)C2=O)C(NN)C1=O. The second-order valence-electron chi connectivity index (χ2n) is 12.3. The van der Waals surface area contributed by atoms with Gasteiger partial charge in [0.05, 0.1) is 22.2 Å². The molecule has 0 amide bonds. The van der Waals surface area contributed by atoms with Gasteiger partial charge in [-0.05, 0) is 64.7 Å². The fraction of sp³-hybridized carbons (Fsp3) is 0.731. The van der Waals surface area contributed by atoms with Crippen LogP contribution in [0.3, 0.4) is 0 Å². The first kappa shape index (κ1) is 29.0. The third kappa shape index (κ3) is 3.81. The van der Waals surface area contributed by atoms with E-state index in [1.54, 1.807) is 20.8 Å². The van der Waals surface area contributed by atoms with Crippen molar-refractivity contribution in [2.24, 2.45) is 17.2 Å². The number of hydrogen-bond acceptors (Lipinski definition) is 8. The second kappa shape index (κ2) is 8.75. The van der Waals surface area contributed by atoms with Crippen LogP contribution in [0.25, 0.3) is 0 Å². The lowest BCUT2D eigenvalue weighted by atomic mass is 9.53. The molecule has 7 unspecified atom stereocenters. The van der Waals surface area contributed by atoms with Gasteiger partial charge in [0.1, 0.15) is 16.7 Å². The highest BCUT2D eigenvalue weighted by Crippen LogP contribution is 2.61. The van der Waals surface area contributed by atoms with Gasteiger partial charge in [-0.25, -0.2) is 5.43 Å². The standard InChI is InChI=1S/C26H35Cl3N2O6/c1-11-18(32)16-15(17(31-30)19(11)33)21(35)26(9-12-22(2,3)13(27)7-8-24(12,6)36)25(29,20(16)34)10-14(28)23(4,5)37-26/h12-14,17,31-32,36H,7-10,30H2,1-6H3. The van der Waals surface area contributed by atoms with Crippen molar-refractivity contribution in [1.82, 2.24) is 5.43 Å². The lowest BCUT2D eigenvalue weighted by Gasteiger charge is -2.61. The fourth-order valence-corrected chi connectivity index (χ4v) is 7.84. The minimum Gasteiger partial charge on any atom is -0.507 e. The van der Waals surface area contributed by atoms with Crippen LogP contribution in [0.15, 0.2) is 22.5 Å². The fourth-order valence-electron chi connectivity index (χ4n) is 6.78. The lowest BCUT2D eigenvalue weighted by Crippen LogP contribution is -2.75. The molecule has 3 aliphatic carbocycles. The van der Waals surface area contributed by atoms with Gasteiger partial charge in [0.15, 0.2) is 23.0 Å². The molecular formula is C26H35Cl3N2O6. The van der Waals surface area contributed by atoms with Gasteiger partial charge >= 0.3 is 0 Å². The minimum atomic E-state index is -2.03. The number of fused-ring (bicyclic) bond motifs is 1. The number of alkyl halides is 3. The number of nitrogens with two attached hydrogens (primary N) is 1. The zero-order valence-corrected chi connectivity index (χ0v) is 24.1. The van der Waals surface area contributed by atoms with Crippen LogP contribution in [-0.2, 0) is 19.1 Å². The van der Waals surface area contributed by atoms with Gasteiger partial charge < -0.3 is 14.9 Å². The van der Waals surface area contributed by atoms with E-state index in [2.05, 4.69) is 5.43 Å². The third-order valence-corrected chi connectivity index (χ3v) is 11.4. The van der Waals surface area contributed by atoms with Crippen molar-refractivity contribution in [3.8, 4) is 0 Å². The number of carbonyl (C=O) groups is 3. The van der Waals surface area contributed by atoms with Crippen molar-refractivity contribution < 1.29 is 29.3 Å². The van der Waals surface area contributed by atoms with Crippen LogP contribution < -0.4 is 11.3 Å². The highest BCUT2D eigenvalue weighted by Gasteiger charge is 2.73. The maximum Gasteiger partial charge on any atom is 0.195 e.